The van der Waals surface area contributed by atoms with Crippen LogP contribution in [0.1, 0.15) is 50.3 Å². The Labute approximate surface area is 204 Å². The van der Waals surface area contributed by atoms with Gasteiger partial charge in [-0.05, 0) is 76.0 Å². The predicted octanol–water partition coefficient (Wildman–Crippen LogP) is 4.58. The van der Waals surface area contributed by atoms with Crippen molar-refractivity contribution in [1.29, 1.82) is 0 Å². The van der Waals surface area contributed by atoms with Crippen LogP contribution in [0.25, 0.3) is 10.8 Å². The Bertz CT molecular complexity index is 1180. The number of hydrogen-bond acceptors (Lipinski definition) is 6. The van der Waals surface area contributed by atoms with Crippen molar-refractivity contribution in [1.82, 2.24) is 14.9 Å². The molecule has 2 N–H and O–H groups in total. The smallest absolute Gasteiger partial charge is 0.126 e. The summed E-state index contributed by atoms with van der Waals surface area (Å²) in [7, 11) is 0. The molecule has 0 aliphatic carbocycles. The van der Waals surface area contributed by atoms with Gasteiger partial charge in [0.25, 0.3) is 0 Å². The molecule has 4 heterocycles. The number of nitrogens with zero attached hydrogens (tertiary/aromatic N) is 3. The molecule has 0 bridgehead atoms. The number of aromatic nitrogens is 2. The molecule has 2 saturated heterocycles. The number of benzene rings is 1. The highest BCUT2D eigenvalue weighted by atomic mass is 19.1. The van der Waals surface area contributed by atoms with Crippen LogP contribution in [0.3, 0.4) is 0 Å². The Balaban J connectivity index is 1.34. The van der Waals surface area contributed by atoms with E-state index in [0.717, 1.165) is 60.7 Å². The third-order valence-electron chi connectivity index (χ3n) is 7.58. The van der Waals surface area contributed by atoms with E-state index >= 15 is 0 Å². The molecule has 8 heteroatoms. The molecule has 186 valence electrons. The summed E-state index contributed by atoms with van der Waals surface area (Å²) in [5.74, 6) is -0.0910. The molecule has 0 unspecified atom stereocenters. The number of aliphatic hydroxyl groups excluding tert-OH is 1. The zero-order chi connectivity index (χ0) is 24.6. The van der Waals surface area contributed by atoms with Gasteiger partial charge in [-0.2, -0.15) is 0 Å². The summed E-state index contributed by atoms with van der Waals surface area (Å²) in [5.41, 5.74) is 1.22. The molecule has 2 aromatic heterocycles. The summed E-state index contributed by atoms with van der Waals surface area (Å²) in [6.45, 7) is 6.59. The summed E-state index contributed by atoms with van der Waals surface area (Å²) in [6, 6.07) is 7.68. The zero-order valence-corrected chi connectivity index (χ0v) is 20.2. The Morgan fingerprint density at radius 2 is 1.80 bits per heavy atom. The molecule has 2 fully saturated rings. The Morgan fingerprint density at radius 1 is 1.06 bits per heavy atom. The number of likely N-dealkylation sites (tertiary alicyclic amines) is 1. The second-order valence-corrected chi connectivity index (χ2v) is 10.1. The molecule has 0 saturated carbocycles. The van der Waals surface area contributed by atoms with Crippen molar-refractivity contribution in [2.24, 2.45) is 0 Å². The van der Waals surface area contributed by atoms with E-state index in [4.69, 9.17) is 9.72 Å². The number of hydrogen-bond donors (Lipinski definition) is 2. The summed E-state index contributed by atoms with van der Waals surface area (Å²) in [5, 5.41) is 15.7. The largest absolute Gasteiger partial charge is 0.389 e. The van der Waals surface area contributed by atoms with Crippen molar-refractivity contribution in [3.8, 4) is 0 Å². The number of piperidine rings is 1. The maximum absolute atomic E-state index is 13.9. The molecule has 0 radical (unpaired) electrons. The minimum Gasteiger partial charge on any atom is -0.389 e. The Kier molecular flexibility index (Phi) is 6.70. The molecule has 2 aliphatic heterocycles. The van der Waals surface area contributed by atoms with Crippen LogP contribution in [0, 0.1) is 11.6 Å². The van der Waals surface area contributed by atoms with Crippen LogP contribution < -0.4 is 5.32 Å². The Hall–Kier alpha value is -2.68. The number of pyridine rings is 2. The number of rotatable bonds is 5. The van der Waals surface area contributed by atoms with Crippen LogP contribution in [0.5, 0.6) is 0 Å². The molecule has 5 rings (SSSR count). The van der Waals surface area contributed by atoms with Crippen LogP contribution in [0.4, 0.5) is 14.6 Å². The van der Waals surface area contributed by atoms with Gasteiger partial charge in [-0.3, -0.25) is 9.88 Å². The summed E-state index contributed by atoms with van der Waals surface area (Å²) in [6.07, 6.45) is 5.65. The molecular weight excluding hydrogens is 450 g/mol. The summed E-state index contributed by atoms with van der Waals surface area (Å²) >= 11 is 0. The van der Waals surface area contributed by atoms with Gasteiger partial charge in [0.1, 0.15) is 17.5 Å². The van der Waals surface area contributed by atoms with Crippen LogP contribution in [-0.4, -0.2) is 58.4 Å². The average molecular weight is 483 g/mol. The van der Waals surface area contributed by atoms with Gasteiger partial charge < -0.3 is 15.2 Å². The van der Waals surface area contributed by atoms with E-state index in [9.17, 15) is 13.9 Å². The van der Waals surface area contributed by atoms with Crippen LogP contribution >= 0.6 is 0 Å². The van der Waals surface area contributed by atoms with Gasteiger partial charge in [0, 0.05) is 47.3 Å². The third kappa shape index (κ3) is 5.01. The lowest BCUT2D eigenvalue weighted by atomic mass is 9.85. The molecule has 0 spiro atoms. The fourth-order valence-electron chi connectivity index (χ4n) is 5.38. The minimum atomic E-state index is -0.561. The normalized spacial score (nSPS) is 22.4. The minimum absolute atomic E-state index is 0.0908. The number of aliphatic hydroxyl groups is 1. The quantitative estimate of drug-likeness (QED) is 0.555. The highest BCUT2D eigenvalue weighted by molar-refractivity contribution is 5.86. The molecule has 0 amide bonds. The maximum atomic E-state index is 13.9. The average Bonchev–Trinajstić information content (AvgIpc) is 2.84. The fraction of sp³-hybridized carbons (Fsp3) is 0.481. The maximum Gasteiger partial charge on any atom is 0.126 e. The van der Waals surface area contributed by atoms with E-state index in [0.29, 0.717) is 18.8 Å². The van der Waals surface area contributed by atoms with Crippen molar-refractivity contribution in [2.75, 3.05) is 31.6 Å². The lowest BCUT2D eigenvalue weighted by Gasteiger charge is -2.43. The van der Waals surface area contributed by atoms with E-state index in [1.165, 1.54) is 12.1 Å². The number of anilines is 1. The van der Waals surface area contributed by atoms with Gasteiger partial charge in [0.15, 0.2) is 0 Å². The molecule has 1 aromatic carbocycles. The van der Waals surface area contributed by atoms with E-state index in [1.54, 1.807) is 0 Å². The molecule has 2 aliphatic rings. The van der Waals surface area contributed by atoms with Gasteiger partial charge >= 0.3 is 0 Å². The van der Waals surface area contributed by atoms with Gasteiger partial charge in [-0.15, -0.1) is 0 Å². The molecule has 3 aromatic rings. The predicted molar refractivity (Wildman–Crippen MR) is 131 cm³/mol. The summed E-state index contributed by atoms with van der Waals surface area (Å²) in [4.78, 5) is 11.6. The van der Waals surface area contributed by atoms with E-state index in [2.05, 4.69) is 15.2 Å². The monoisotopic (exact) mass is 482 g/mol. The van der Waals surface area contributed by atoms with Gasteiger partial charge in [0.2, 0.25) is 0 Å². The highest BCUT2D eigenvalue weighted by Crippen LogP contribution is 2.37. The Morgan fingerprint density at radius 3 is 2.51 bits per heavy atom. The molecular formula is C27H32F2N4O2. The van der Waals surface area contributed by atoms with Crippen molar-refractivity contribution >= 4 is 16.6 Å². The topological polar surface area (TPSA) is 70.5 Å². The number of ether oxygens (including phenoxy) is 1. The van der Waals surface area contributed by atoms with E-state index < -0.39 is 23.3 Å². The van der Waals surface area contributed by atoms with Gasteiger partial charge in [-0.25, -0.2) is 13.8 Å². The first kappa shape index (κ1) is 24.0. The number of halogens is 2. The SMILES string of the molecule is CC(C)(c1cc(F)cc(F)c1)N1CCC(c2nccc3cnc(N[C@@H]4CCOC[C@H]4O)cc23)CC1. The highest BCUT2D eigenvalue weighted by Gasteiger charge is 2.34. The van der Waals surface area contributed by atoms with E-state index in [-0.39, 0.29) is 12.0 Å². The summed E-state index contributed by atoms with van der Waals surface area (Å²) < 4.78 is 33.1. The lowest BCUT2D eigenvalue weighted by Crippen LogP contribution is -2.46. The fourth-order valence-corrected chi connectivity index (χ4v) is 5.38. The first-order valence-corrected chi connectivity index (χ1v) is 12.3. The van der Waals surface area contributed by atoms with E-state index in [1.807, 2.05) is 38.4 Å². The number of fused-ring (bicyclic) bond motifs is 1. The molecule has 35 heavy (non-hydrogen) atoms. The van der Waals surface area contributed by atoms with Crippen LogP contribution in [0.15, 0.2) is 42.7 Å². The van der Waals surface area contributed by atoms with Crippen molar-refractivity contribution in [2.45, 2.75) is 56.7 Å². The van der Waals surface area contributed by atoms with Crippen molar-refractivity contribution < 1.29 is 18.6 Å². The van der Waals surface area contributed by atoms with Gasteiger partial charge in [-0.1, -0.05) is 0 Å². The molecule has 2 atom stereocenters. The zero-order valence-electron chi connectivity index (χ0n) is 20.2. The number of nitrogens with one attached hydrogen (secondary N) is 1. The van der Waals surface area contributed by atoms with Crippen LogP contribution in [0.2, 0.25) is 0 Å². The second kappa shape index (κ2) is 9.76. The standard InChI is InChI=1S/C27H32F2N4O2/c1-27(2,19-11-20(28)13-21(29)12-19)33-8-4-17(5-9-33)26-22-14-25(31-15-18(22)3-7-30-26)32-23-6-10-35-16-24(23)34/h3,7,11-15,17,23-24,34H,4-6,8-10,16H2,1-2H3,(H,31,32)/t23-,24-/m1/s1. The van der Waals surface area contributed by atoms with Crippen molar-refractivity contribution in [3.63, 3.8) is 0 Å². The van der Waals surface area contributed by atoms with Crippen LogP contribution in [-0.2, 0) is 10.3 Å². The second-order valence-electron chi connectivity index (χ2n) is 10.1. The lowest BCUT2D eigenvalue weighted by molar-refractivity contribution is -0.0135. The third-order valence-corrected chi connectivity index (χ3v) is 7.58. The first-order chi connectivity index (χ1) is 16.8. The molecule has 6 nitrogen and oxygen atoms in total. The first-order valence-electron chi connectivity index (χ1n) is 12.3. The van der Waals surface area contributed by atoms with Gasteiger partial charge in [0.05, 0.1) is 24.4 Å². The van der Waals surface area contributed by atoms with Crippen molar-refractivity contribution in [3.05, 3.63) is 65.6 Å².